The van der Waals surface area contributed by atoms with Gasteiger partial charge in [-0.05, 0) is 50.2 Å². The summed E-state index contributed by atoms with van der Waals surface area (Å²) in [5.74, 6) is -0.412. The number of aromatic nitrogens is 2. The van der Waals surface area contributed by atoms with Crippen molar-refractivity contribution in [3.05, 3.63) is 48.0 Å². The second kappa shape index (κ2) is 6.05. The van der Waals surface area contributed by atoms with Gasteiger partial charge in [-0.1, -0.05) is 0 Å². The Labute approximate surface area is 122 Å². The summed E-state index contributed by atoms with van der Waals surface area (Å²) in [5, 5.41) is 10.4. The molecule has 2 aromatic rings. The molecule has 6 heteroatoms. The van der Waals surface area contributed by atoms with Crippen LogP contribution in [0, 0.1) is 5.82 Å². The Balaban J connectivity index is 1.69. The van der Waals surface area contributed by atoms with Gasteiger partial charge in [0.05, 0.1) is 17.4 Å². The van der Waals surface area contributed by atoms with Crippen LogP contribution in [0.2, 0.25) is 0 Å². The average Bonchev–Trinajstić information content (AvgIpc) is 2.99. The molecule has 1 aliphatic heterocycles. The summed E-state index contributed by atoms with van der Waals surface area (Å²) < 4.78 is 14.5. The van der Waals surface area contributed by atoms with Gasteiger partial charge in [-0.2, -0.15) is 5.10 Å². The predicted molar refractivity (Wildman–Crippen MR) is 76.9 cm³/mol. The number of nitrogens with one attached hydrogen (secondary N) is 2. The van der Waals surface area contributed by atoms with E-state index < -0.39 is 0 Å². The van der Waals surface area contributed by atoms with Crippen molar-refractivity contribution in [2.75, 3.05) is 13.1 Å². The fraction of sp³-hybridized carbons (Fsp3) is 0.333. The highest BCUT2D eigenvalue weighted by Crippen LogP contribution is 2.10. The molecule has 21 heavy (non-hydrogen) atoms. The molecule has 0 atom stereocenters. The zero-order valence-electron chi connectivity index (χ0n) is 11.6. The minimum absolute atomic E-state index is 0.115. The van der Waals surface area contributed by atoms with Crippen molar-refractivity contribution in [1.82, 2.24) is 20.4 Å². The van der Waals surface area contributed by atoms with Gasteiger partial charge in [-0.3, -0.25) is 4.79 Å². The second-order valence-corrected chi connectivity index (χ2v) is 5.15. The maximum absolute atomic E-state index is 12.9. The topological polar surface area (TPSA) is 59.0 Å². The summed E-state index contributed by atoms with van der Waals surface area (Å²) >= 11 is 0. The third kappa shape index (κ3) is 3.28. The predicted octanol–water partition coefficient (Wildman–Crippen LogP) is 1.49. The summed E-state index contributed by atoms with van der Waals surface area (Å²) in [7, 11) is 0. The zero-order valence-corrected chi connectivity index (χ0v) is 11.6. The molecule has 1 aliphatic rings. The first-order valence-corrected chi connectivity index (χ1v) is 7.04. The molecule has 2 heterocycles. The van der Waals surface area contributed by atoms with E-state index >= 15 is 0 Å². The molecular weight excluding hydrogens is 271 g/mol. The van der Waals surface area contributed by atoms with Gasteiger partial charge in [0.1, 0.15) is 5.82 Å². The maximum Gasteiger partial charge on any atom is 0.254 e. The fourth-order valence-electron chi connectivity index (χ4n) is 2.41. The van der Waals surface area contributed by atoms with Crippen molar-refractivity contribution in [2.45, 2.75) is 18.9 Å². The Morgan fingerprint density at radius 3 is 2.71 bits per heavy atom. The van der Waals surface area contributed by atoms with E-state index in [9.17, 15) is 9.18 Å². The second-order valence-electron chi connectivity index (χ2n) is 5.15. The lowest BCUT2D eigenvalue weighted by Crippen LogP contribution is -2.42. The van der Waals surface area contributed by atoms with Crippen LogP contribution in [-0.2, 0) is 0 Å². The highest BCUT2D eigenvalue weighted by molar-refractivity contribution is 5.94. The average molecular weight is 288 g/mol. The Bertz CT molecular complexity index is 617. The van der Waals surface area contributed by atoms with Gasteiger partial charge < -0.3 is 10.6 Å². The van der Waals surface area contributed by atoms with Gasteiger partial charge in [0.25, 0.3) is 5.91 Å². The smallest absolute Gasteiger partial charge is 0.254 e. The number of carbonyl (C=O) groups is 1. The Morgan fingerprint density at radius 2 is 2.00 bits per heavy atom. The van der Waals surface area contributed by atoms with Crippen LogP contribution < -0.4 is 10.6 Å². The lowest BCUT2D eigenvalue weighted by Gasteiger charge is -2.23. The molecule has 0 bridgehead atoms. The molecule has 3 rings (SSSR count). The van der Waals surface area contributed by atoms with Crippen LogP contribution in [0.25, 0.3) is 5.69 Å². The van der Waals surface area contributed by atoms with Crippen molar-refractivity contribution in [1.29, 1.82) is 0 Å². The molecule has 1 aromatic carbocycles. The van der Waals surface area contributed by atoms with Gasteiger partial charge in [-0.25, -0.2) is 9.07 Å². The summed E-state index contributed by atoms with van der Waals surface area (Å²) in [6, 6.07) is 6.19. The number of halogens is 1. The normalized spacial score (nSPS) is 15.9. The number of carbonyl (C=O) groups excluding carboxylic acids is 1. The summed E-state index contributed by atoms with van der Waals surface area (Å²) in [6.45, 7) is 1.86. The number of hydrogen-bond acceptors (Lipinski definition) is 3. The standard InChI is InChI=1S/C15H17FN4O/c16-12-1-3-14(4-2-12)20-10-11(9-18-20)15(21)19-13-5-7-17-8-6-13/h1-4,9-10,13,17H,5-8H2,(H,19,21). The number of amides is 1. The van der Waals surface area contributed by atoms with Crippen LogP contribution in [0.1, 0.15) is 23.2 Å². The van der Waals surface area contributed by atoms with Gasteiger partial charge in [-0.15, -0.1) is 0 Å². The van der Waals surface area contributed by atoms with E-state index in [1.165, 1.54) is 18.3 Å². The monoisotopic (exact) mass is 288 g/mol. The first-order chi connectivity index (χ1) is 10.2. The summed E-state index contributed by atoms with van der Waals surface area (Å²) in [6.07, 6.45) is 5.07. The molecule has 5 nitrogen and oxygen atoms in total. The van der Waals surface area contributed by atoms with Crippen LogP contribution in [0.3, 0.4) is 0 Å². The number of piperidine rings is 1. The molecule has 1 saturated heterocycles. The van der Waals surface area contributed by atoms with Gasteiger partial charge in [0.2, 0.25) is 0 Å². The number of rotatable bonds is 3. The van der Waals surface area contributed by atoms with Crippen LogP contribution in [-0.4, -0.2) is 34.8 Å². The lowest BCUT2D eigenvalue weighted by atomic mass is 10.1. The molecule has 1 fully saturated rings. The van der Waals surface area contributed by atoms with E-state index in [0.717, 1.165) is 31.6 Å². The lowest BCUT2D eigenvalue weighted by molar-refractivity contribution is 0.0929. The largest absolute Gasteiger partial charge is 0.349 e. The molecule has 1 amide bonds. The zero-order chi connectivity index (χ0) is 14.7. The van der Waals surface area contributed by atoms with Crippen molar-refractivity contribution in [3.8, 4) is 5.69 Å². The first-order valence-electron chi connectivity index (χ1n) is 7.04. The quantitative estimate of drug-likeness (QED) is 0.899. The van der Waals surface area contributed by atoms with E-state index in [4.69, 9.17) is 0 Å². The minimum atomic E-state index is -0.296. The van der Waals surface area contributed by atoms with E-state index in [0.29, 0.717) is 5.56 Å². The van der Waals surface area contributed by atoms with E-state index in [1.54, 1.807) is 23.0 Å². The molecule has 0 unspecified atom stereocenters. The molecule has 110 valence electrons. The number of hydrogen-bond donors (Lipinski definition) is 2. The summed E-state index contributed by atoms with van der Waals surface area (Å²) in [5.41, 5.74) is 1.23. The van der Waals surface area contributed by atoms with Gasteiger partial charge >= 0.3 is 0 Å². The fourth-order valence-corrected chi connectivity index (χ4v) is 2.41. The van der Waals surface area contributed by atoms with Crippen LogP contribution in [0.15, 0.2) is 36.7 Å². The Hall–Kier alpha value is -2.21. The SMILES string of the molecule is O=C(NC1CCNCC1)c1cnn(-c2ccc(F)cc2)c1. The van der Waals surface area contributed by atoms with E-state index in [1.807, 2.05) is 0 Å². The Kier molecular flexibility index (Phi) is 3.96. The summed E-state index contributed by atoms with van der Waals surface area (Å²) in [4.78, 5) is 12.2. The first kappa shape index (κ1) is 13.8. The molecule has 0 aliphatic carbocycles. The molecular formula is C15H17FN4O. The molecule has 2 N–H and O–H groups in total. The highest BCUT2D eigenvalue weighted by atomic mass is 19.1. The molecule has 0 spiro atoms. The van der Waals surface area contributed by atoms with Crippen molar-refractivity contribution in [2.24, 2.45) is 0 Å². The Morgan fingerprint density at radius 1 is 1.29 bits per heavy atom. The third-order valence-electron chi connectivity index (χ3n) is 3.61. The highest BCUT2D eigenvalue weighted by Gasteiger charge is 2.17. The minimum Gasteiger partial charge on any atom is -0.349 e. The van der Waals surface area contributed by atoms with Crippen LogP contribution >= 0.6 is 0 Å². The van der Waals surface area contributed by atoms with Crippen LogP contribution in [0.4, 0.5) is 4.39 Å². The van der Waals surface area contributed by atoms with Crippen molar-refractivity contribution < 1.29 is 9.18 Å². The van der Waals surface area contributed by atoms with Crippen LogP contribution in [0.5, 0.6) is 0 Å². The maximum atomic E-state index is 12.9. The molecule has 1 aromatic heterocycles. The number of benzene rings is 1. The van der Waals surface area contributed by atoms with Gasteiger partial charge in [0.15, 0.2) is 0 Å². The van der Waals surface area contributed by atoms with Crippen molar-refractivity contribution >= 4 is 5.91 Å². The van der Waals surface area contributed by atoms with E-state index in [-0.39, 0.29) is 17.8 Å². The molecule has 0 saturated carbocycles. The van der Waals surface area contributed by atoms with Crippen molar-refractivity contribution in [3.63, 3.8) is 0 Å². The third-order valence-corrected chi connectivity index (χ3v) is 3.61. The number of nitrogens with zero attached hydrogens (tertiary/aromatic N) is 2. The molecule has 0 radical (unpaired) electrons. The van der Waals surface area contributed by atoms with Gasteiger partial charge in [0, 0.05) is 12.2 Å². The van der Waals surface area contributed by atoms with E-state index in [2.05, 4.69) is 15.7 Å².